The maximum absolute atomic E-state index is 13.2. The molecule has 0 amide bonds. The van der Waals surface area contributed by atoms with Gasteiger partial charge in [-0.25, -0.2) is 0 Å². The van der Waals surface area contributed by atoms with E-state index in [1.807, 2.05) is 18.2 Å². The van der Waals surface area contributed by atoms with Crippen LogP contribution in [0.25, 0.3) is 6.08 Å². The molecular formula is C23H32O3. The van der Waals surface area contributed by atoms with Crippen molar-refractivity contribution in [1.29, 1.82) is 0 Å². The first kappa shape index (κ1) is 19.0. The Balaban J connectivity index is 1.99. The van der Waals surface area contributed by atoms with Gasteiger partial charge in [0.15, 0.2) is 5.78 Å². The second-order valence-corrected chi connectivity index (χ2v) is 8.47. The molecule has 0 N–H and O–H groups in total. The van der Waals surface area contributed by atoms with Crippen molar-refractivity contribution in [2.75, 3.05) is 13.2 Å². The third-order valence-electron chi connectivity index (χ3n) is 6.59. The first-order valence-electron chi connectivity index (χ1n) is 10.0. The molecule has 1 aromatic carbocycles. The molecule has 3 nitrogen and oxygen atoms in total. The van der Waals surface area contributed by atoms with E-state index in [4.69, 9.17) is 9.47 Å². The van der Waals surface area contributed by atoms with Gasteiger partial charge in [0.25, 0.3) is 0 Å². The number of rotatable bonds is 7. The Kier molecular flexibility index (Phi) is 5.18. The molecule has 2 bridgehead atoms. The first-order valence-corrected chi connectivity index (χ1v) is 10.0. The van der Waals surface area contributed by atoms with Crippen LogP contribution in [0.1, 0.15) is 65.9 Å². The van der Waals surface area contributed by atoms with Crippen molar-refractivity contribution in [2.45, 2.75) is 60.3 Å². The number of benzene rings is 1. The molecule has 0 aromatic heterocycles. The highest BCUT2D eigenvalue weighted by atomic mass is 16.5. The lowest BCUT2D eigenvalue weighted by atomic mass is 9.70. The summed E-state index contributed by atoms with van der Waals surface area (Å²) in [6, 6.07) is 5.94. The minimum atomic E-state index is -0.232. The molecule has 2 fully saturated rings. The molecule has 2 saturated carbocycles. The van der Waals surface area contributed by atoms with Gasteiger partial charge in [0.1, 0.15) is 11.5 Å². The lowest BCUT2D eigenvalue weighted by Crippen LogP contribution is -2.32. The molecule has 1 aromatic rings. The van der Waals surface area contributed by atoms with Gasteiger partial charge in [-0.2, -0.15) is 0 Å². The molecule has 0 aliphatic heterocycles. The van der Waals surface area contributed by atoms with E-state index in [2.05, 4.69) is 40.7 Å². The number of ether oxygens (including phenoxy) is 2. The number of carbonyl (C=O) groups is 1. The number of ketones is 1. The summed E-state index contributed by atoms with van der Waals surface area (Å²) in [6.45, 7) is 12.2. The van der Waals surface area contributed by atoms with E-state index in [9.17, 15) is 4.79 Å². The summed E-state index contributed by atoms with van der Waals surface area (Å²) in [5.74, 6) is 2.32. The summed E-state index contributed by atoms with van der Waals surface area (Å²) in [5.41, 5.74) is 1.72. The maximum atomic E-state index is 13.2. The van der Waals surface area contributed by atoms with Crippen LogP contribution < -0.4 is 9.47 Å². The zero-order chi connectivity index (χ0) is 18.9. The standard InChI is InChI=1S/C23H32O3/c1-6-12-25-17-8-9-20(26-13-7-2)16(14-17)15-18-19-10-11-23(5,21(18)24)22(19,3)4/h8-9,14-15,19H,6-7,10-13H2,1-5H3. The fourth-order valence-electron chi connectivity index (χ4n) is 4.55. The summed E-state index contributed by atoms with van der Waals surface area (Å²) in [7, 11) is 0. The minimum absolute atomic E-state index is 0.0245. The Morgan fingerprint density at radius 2 is 1.81 bits per heavy atom. The molecule has 26 heavy (non-hydrogen) atoms. The monoisotopic (exact) mass is 356 g/mol. The van der Waals surface area contributed by atoms with Crippen LogP contribution in [0.15, 0.2) is 23.8 Å². The van der Waals surface area contributed by atoms with Crippen molar-refractivity contribution in [1.82, 2.24) is 0 Å². The average molecular weight is 357 g/mol. The highest BCUT2D eigenvalue weighted by molar-refractivity contribution is 6.08. The van der Waals surface area contributed by atoms with Gasteiger partial charge in [0.05, 0.1) is 13.2 Å². The minimum Gasteiger partial charge on any atom is -0.494 e. The van der Waals surface area contributed by atoms with E-state index in [1.54, 1.807) is 0 Å². The largest absolute Gasteiger partial charge is 0.494 e. The fourth-order valence-corrected chi connectivity index (χ4v) is 4.55. The number of carbonyl (C=O) groups excluding carboxylic acids is 1. The zero-order valence-electron chi connectivity index (χ0n) is 16.9. The second-order valence-electron chi connectivity index (χ2n) is 8.47. The predicted molar refractivity (Wildman–Crippen MR) is 106 cm³/mol. The molecule has 3 rings (SSSR count). The van der Waals surface area contributed by atoms with Crippen LogP contribution in [0.4, 0.5) is 0 Å². The highest BCUT2D eigenvalue weighted by Gasteiger charge is 2.63. The Morgan fingerprint density at radius 1 is 1.12 bits per heavy atom. The molecule has 2 unspecified atom stereocenters. The van der Waals surface area contributed by atoms with Gasteiger partial charge in [0, 0.05) is 16.6 Å². The van der Waals surface area contributed by atoms with E-state index in [1.165, 1.54) is 0 Å². The molecule has 2 atom stereocenters. The van der Waals surface area contributed by atoms with Crippen molar-refractivity contribution < 1.29 is 14.3 Å². The number of hydrogen-bond donors (Lipinski definition) is 0. The average Bonchev–Trinajstić information content (AvgIpc) is 2.93. The van der Waals surface area contributed by atoms with Gasteiger partial charge in [-0.3, -0.25) is 4.79 Å². The lowest BCUT2D eigenvalue weighted by molar-refractivity contribution is -0.125. The molecule has 2 aliphatic carbocycles. The van der Waals surface area contributed by atoms with Crippen molar-refractivity contribution in [3.05, 3.63) is 29.3 Å². The van der Waals surface area contributed by atoms with Crippen molar-refractivity contribution >= 4 is 11.9 Å². The van der Waals surface area contributed by atoms with Crippen molar-refractivity contribution in [2.24, 2.45) is 16.7 Å². The molecule has 0 saturated heterocycles. The van der Waals surface area contributed by atoms with Crippen LogP contribution in [-0.2, 0) is 4.79 Å². The fraction of sp³-hybridized carbons (Fsp3) is 0.609. The zero-order valence-corrected chi connectivity index (χ0v) is 16.9. The van der Waals surface area contributed by atoms with E-state index in [0.717, 1.165) is 48.3 Å². The van der Waals surface area contributed by atoms with Gasteiger partial charge in [-0.05, 0) is 61.3 Å². The first-order chi connectivity index (χ1) is 12.3. The maximum Gasteiger partial charge on any atom is 0.165 e. The summed E-state index contributed by atoms with van der Waals surface area (Å²) in [5, 5.41) is 0. The number of fused-ring (bicyclic) bond motifs is 2. The predicted octanol–water partition coefficient (Wildman–Crippen LogP) is 5.67. The Labute approximate surface area is 157 Å². The van der Waals surface area contributed by atoms with Crippen LogP contribution in [-0.4, -0.2) is 19.0 Å². The normalized spacial score (nSPS) is 28.0. The molecule has 0 heterocycles. The van der Waals surface area contributed by atoms with E-state index < -0.39 is 0 Å². The van der Waals surface area contributed by atoms with Crippen molar-refractivity contribution in [3.8, 4) is 11.5 Å². The second kappa shape index (κ2) is 7.09. The topological polar surface area (TPSA) is 35.5 Å². The van der Waals surface area contributed by atoms with Crippen LogP contribution in [0.2, 0.25) is 0 Å². The Bertz CT molecular complexity index is 716. The van der Waals surface area contributed by atoms with E-state index in [0.29, 0.717) is 24.9 Å². The van der Waals surface area contributed by atoms with E-state index in [-0.39, 0.29) is 10.8 Å². The Morgan fingerprint density at radius 3 is 2.42 bits per heavy atom. The van der Waals surface area contributed by atoms with Crippen LogP contribution in [0.5, 0.6) is 11.5 Å². The van der Waals surface area contributed by atoms with Crippen LogP contribution in [0.3, 0.4) is 0 Å². The summed E-state index contributed by atoms with van der Waals surface area (Å²) in [6.07, 6.45) is 6.09. The lowest BCUT2D eigenvalue weighted by Gasteiger charge is -2.31. The molecule has 3 heteroatoms. The third-order valence-corrected chi connectivity index (χ3v) is 6.59. The van der Waals surface area contributed by atoms with Gasteiger partial charge in [-0.15, -0.1) is 0 Å². The third kappa shape index (κ3) is 2.95. The summed E-state index contributed by atoms with van der Waals surface area (Å²) in [4.78, 5) is 13.2. The molecule has 0 radical (unpaired) electrons. The van der Waals surface area contributed by atoms with Gasteiger partial charge in [0.2, 0.25) is 0 Å². The van der Waals surface area contributed by atoms with Gasteiger partial charge >= 0.3 is 0 Å². The number of hydrogen-bond acceptors (Lipinski definition) is 3. The number of allylic oxidation sites excluding steroid dienone is 1. The quantitative estimate of drug-likeness (QED) is 0.590. The molecule has 142 valence electrons. The van der Waals surface area contributed by atoms with Crippen LogP contribution >= 0.6 is 0 Å². The Hall–Kier alpha value is -1.77. The smallest absolute Gasteiger partial charge is 0.165 e. The molecule has 2 aliphatic rings. The summed E-state index contributed by atoms with van der Waals surface area (Å²) >= 11 is 0. The van der Waals surface area contributed by atoms with Gasteiger partial charge in [-0.1, -0.05) is 34.6 Å². The molecular weight excluding hydrogens is 324 g/mol. The molecule has 0 spiro atoms. The van der Waals surface area contributed by atoms with Crippen LogP contribution in [0, 0.1) is 16.7 Å². The SMILES string of the molecule is CCCOc1ccc(OCCC)c(C=C2C(=O)C3(C)CCC2C3(C)C)c1. The summed E-state index contributed by atoms with van der Waals surface area (Å²) < 4.78 is 11.7. The van der Waals surface area contributed by atoms with Crippen molar-refractivity contribution in [3.63, 3.8) is 0 Å². The van der Waals surface area contributed by atoms with E-state index >= 15 is 0 Å². The number of Topliss-reactive ketones (excluding diaryl/α,β-unsaturated/α-hetero) is 1. The highest BCUT2D eigenvalue weighted by Crippen LogP contribution is 2.65. The van der Waals surface area contributed by atoms with Gasteiger partial charge < -0.3 is 9.47 Å².